The van der Waals surface area contributed by atoms with E-state index in [4.69, 9.17) is 9.47 Å². The molecule has 0 heterocycles. The molecule has 0 aliphatic carbocycles. The molecule has 0 aliphatic heterocycles. The lowest BCUT2D eigenvalue weighted by atomic mass is 10.2. The van der Waals surface area contributed by atoms with E-state index in [-0.39, 0.29) is 12.5 Å². The first-order chi connectivity index (χ1) is 14.2. The van der Waals surface area contributed by atoms with Gasteiger partial charge in [-0.05, 0) is 49.2 Å². The van der Waals surface area contributed by atoms with Crippen LogP contribution in [0.2, 0.25) is 0 Å². The molecule has 0 atom stereocenters. The third-order valence-corrected chi connectivity index (χ3v) is 4.49. The first-order valence-electron chi connectivity index (χ1n) is 10.7. The van der Waals surface area contributed by atoms with E-state index in [0.717, 1.165) is 37.3 Å². The van der Waals surface area contributed by atoms with Crippen molar-refractivity contribution in [3.8, 4) is 11.5 Å². The van der Waals surface area contributed by atoms with Crippen molar-refractivity contribution in [2.24, 2.45) is 0 Å². The third kappa shape index (κ3) is 8.90. The molecule has 2 aromatic carbocycles. The number of hydrogen-bond donors (Lipinski definition) is 2. The Hall–Kier alpha value is -2.69. The molecule has 0 fully saturated rings. The van der Waals surface area contributed by atoms with Crippen LogP contribution in [-0.4, -0.2) is 25.7 Å². The number of benzene rings is 2. The summed E-state index contributed by atoms with van der Waals surface area (Å²) in [5, 5.41) is 6.05. The maximum atomic E-state index is 12.3. The van der Waals surface area contributed by atoms with Crippen LogP contribution in [0.4, 0.5) is 11.4 Å². The Labute approximate surface area is 174 Å². The fourth-order valence-electron chi connectivity index (χ4n) is 2.79. The van der Waals surface area contributed by atoms with Crippen LogP contribution < -0.4 is 20.1 Å². The van der Waals surface area contributed by atoms with Gasteiger partial charge in [-0.1, -0.05) is 51.7 Å². The molecule has 0 radical (unpaired) electrons. The average molecular weight is 399 g/mol. The zero-order valence-corrected chi connectivity index (χ0v) is 17.7. The van der Waals surface area contributed by atoms with Crippen molar-refractivity contribution in [3.05, 3.63) is 48.5 Å². The molecular formula is C24H34N2O3. The summed E-state index contributed by atoms with van der Waals surface area (Å²) in [6.07, 6.45) is 6.83. The van der Waals surface area contributed by atoms with Gasteiger partial charge in [-0.3, -0.25) is 4.79 Å². The number of unbranched alkanes of at least 4 members (excludes halogenated alkanes) is 4. The van der Waals surface area contributed by atoms with E-state index < -0.39 is 0 Å². The molecule has 0 aliphatic rings. The van der Waals surface area contributed by atoms with Gasteiger partial charge in [0.1, 0.15) is 11.5 Å². The van der Waals surface area contributed by atoms with E-state index in [1.807, 2.05) is 48.5 Å². The van der Waals surface area contributed by atoms with Gasteiger partial charge >= 0.3 is 0 Å². The standard InChI is InChI=1S/C24H34N2O3/c1-3-5-7-10-18-28-21-15-13-20(14-16-21)25-19-24(27)26-22-11-8-9-12-23(22)29-17-6-4-2/h8-9,11-16,25H,3-7,10,17-19H2,1-2H3,(H,26,27). The van der Waals surface area contributed by atoms with E-state index >= 15 is 0 Å². The van der Waals surface area contributed by atoms with Gasteiger partial charge in [0, 0.05) is 5.69 Å². The maximum absolute atomic E-state index is 12.3. The minimum absolute atomic E-state index is 0.118. The number of amides is 1. The molecule has 0 saturated carbocycles. The van der Waals surface area contributed by atoms with Gasteiger partial charge in [-0.2, -0.15) is 0 Å². The highest BCUT2D eigenvalue weighted by Crippen LogP contribution is 2.24. The molecule has 0 aromatic heterocycles. The number of para-hydroxylation sites is 2. The number of anilines is 2. The van der Waals surface area contributed by atoms with E-state index in [1.165, 1.54) is 19.3 Å². The molecule has 5 nitrogen and oxygen atoms in total. The Morgan fingerprint density at radius 1 is 0.828 bits per heavy atom. The second kappa shape index (κ2) is 13.5. The van der Waals surface area contributed by atoms with Crippen molar-refractivity contribution in [2.45, 2.75) is 52.4 Å². The summed E-state index contributed by atoms with van der Waals surface area (Å²) in [5.74, 6) is 1.44. The highest BCUT2D eigenvalue weighted by atomic mass is 16.5. The Morgan fingerprint density at radius 2 is 1.55 bits per heavy atom. The molecule has 29 heavy (non-hydrogen) atoms. The van der Waals surface area contributed by atoms with Crippen LogP contribution in [0.1, 0.15) is 52.4 Å². The summed E-state index contributed by atoms with van der Waals surface area (Å²) in [4.78, 5) is 12.3. The van der Waals surface area contributed by atoms with Gasteiger partial charge in [0.2, 0.25) is 5.91 Å². The lowest BCUT2D eigenvalue weighted by Gasteiger charge is -2.13. The van der Waals surface area contributed by atoms with Crippen LogP contribution in [0, 0.1) is 0 Å². The minimum atomic E-state index is -0.118. The average Bonchev–Trinajstić information content (AvgIpc) is 2.74. The smallest absolute Gasteiger partial charge is 0.243 e. The molecule has 0 saturated heterocycles. The Bertz CT molecular complexity index is 716. The van der Waals surface area contributed by atoms with Crippen LogP contribution in [0.15, 0.2) is 48.5 Å². The number of hydrogen-bond acceptors (Lipinski definition) is 4. The van der Waals surface area contributed by atoms with Gasteiger partial charge in [-0.15, -0.1) is 0 Å². The Balaban J connectivity index is 1.75. The topological polar surface area (TPSA) is 59.6 Å². The monoisotopic (exact) mass is 398 g/mol. The van der Waals surface area contributed by atoms with Crippen molar-refractivity contribution < 1.29 is 14.3 Å². The summed E-state index contributed by atoms with van der Waals surface area (Å²) in [7, 11) is 0. The number of carbonyl (C=O) groups is 1. The Morgan fingerprint density at radius 3 is 2.31 bits per heavy atom. The predicted molar refractivity (Wildman–Crippen MR) is 120 cm³/mol. The van der Waals surface area contributed by atoms with Gasteiger partial charge in [-0.25, -0.2) is 0 Å². The Kier molecular flexibility index (Phi) is 10.5. The molecule has 5 heteroatoms. The zero-order valence-electron chi connectivity index (χ0n) is 17.7. The zero-order chi connectivity index (χ0) is 20.7. The molecular weight excluding hydrogens is 364 g/mol. The van der Waals surface area contributed by atoms with E-state index in [9.17, 15) is 4.79 Å². The van der Waals surface area contributed by atoms with E-state index in [2.05, 4.69) is 24.5 Å². The molecule has 1 amide bonds. The number of rotatable bonds is 14. The van der Waals surface area contributed by atoms with Crippen molar-refractivity contribution in [3.63, 3.8) is 0 Å². The van der Waals surface area contributed by atoms with Crippen LogP contribution >= 0.6 is 0 Å². The summed E-state index contributed by atoms with van der Waals surface area (Å²) < 4.78 is 11.5. The van der Waals surface area contributed by atoms with Crippen molar-refractivity contribution in [2.75, 3.05) is 30.4 Å². The van der Waals surface area contributed by atoms with E-state index in [0.29, 0.717) is 18.0 Å². The largest absolute Gasteiger partial charge is 0.494 e. The summed E-state index contributed by atoms with van der Waals surface area (Å²) in [6.45, 7) is 5.89. The van der Waals surface area contributed by atoms with Gasteiger partial charge in [0.15, 0.2) is 0 Å². The molecule has 2 N–H and O–H groups in total. The van der Waals surface area contributed by atoms with Crippen LogP contribution in [0.5, 0.6) is 11.5 Å². The molecule has 0 spiro atoms. The fraction of sp³-hybridized carbons (Fsp3) is 0.458. The summed E-state index contributed by atoms with van der Waals surface area (Å²) in [6, 6.07) is 15.2. The summed E-state index contributed by atoms with van der Waals surface area (Å²) >= 11 is 0. The number of ether oxygens (including phenoxy) is 2. The molecule has 2 aromatic rings. The first kappa shape index (κ1) is 22.6. The second-order valence-corrected chi connectivity index (χ2v) is 7.03. The first-order valence-corrected chi connectivity index (χ1v) is 10.7. The lowest BCUT2D eigenvalue weighted by molar-refractivity contribution is -0.114. The van der Waals surface area contributed by atoms with Crippen molar-refractivity contribution in [1.29, 1.82) is 0 Å². The van der Waals surface area contributed by atoms with Gasteiger partial charge in [0.25, 0.3) is 0 Å². The highest BCUT2D eigenvalue weighted by Gasteiger charge is 2.07. The molecule has 158 valence electrons. The lowest BCUT2D eigenvalue weighted by Crippen LogP contribution is -2.22. The predicted octanol–water partition coefficient (Wildman–Crippen LogP) is 5.88. The second-order valence-electron chi connectivity index (χ2n) is 7.03. The van der Waals surface area contributed by atoms with Crippen LogP contribution in [0.3, 0.4) is 0 Å². The van der Waals surface area contributed by atoms with Crippen LogP contribution in [0.25, 0.3) is 0 Å². The number of carbonyl (C=O) groups excluding carboxylic acids is 1. The maximum Gasteiger partial charge on any atom is 0.243 e. The summed E-state index contributed by atoms with van der Waals surface area (Å²) in [5.41, 5.74) is 1.58. The normalized spacial score (nSPS) is 10.4. The number of nitrogens with one attached hydrogen (secondary N) is 2. The van der Waals surface area contributed by atoms with Crippen molar-refractivity contribution in [1.82, 2.24) is 0 Å². The quantitative estimate of drug-likeness (QED) is 0.390. The molecule has 0 bridgehead atoms. The SMILES string of the molecule is CCCCCCOc1ccc(NCC(=O)Nc2ccccc2OCCCC)cc1. The third-order valence-electron chi connectivity index (χ3n) is 4.49. The van der Waals surface area contributed by atoms with Gasteiger partial charge in [0.05, 0.1) is 25.4 Å². The van der Waals surface area contributed by atoms with E-state index in [1.54, 1.807) is 0 Å². The molecule has 0 unspecified atom stereocenters. The van der Waals surface area contributed by atoms with Crippen molar-refractivity contribution >= 4 is 17.3 Å². The van der Waals surface area contributed by atoms with Gasteiger partial charge < -0.3 is 20.1 Å². The highest BCUT2D eigenvalue weighted by molar-refractivity contribution is 5.95. The fourth-order valence-corrected chi connectivity index (χ4v) is 2.79. The molecule has 2 rings (SSSR count). The minimum Gasteiger partial charge on any atom is -0.494 e. The van der Waals surface area contributed by atoms with Crippen LogP contribution in [-0.2, 0) is 4.79 Å².